The Hall–Kier alpha value is -3.35. The van der Waals surface area contributed by atoms with Crippen molar-refractivity contribution in [3.05, 3.63) is 81.2 Å². The monoisotopic (exact) mass is 312 g/mol. The van der Waals surface area contributed by atoms with E-state index in [1.807, 2.05) is 0 Å². The summed E-state index contributed by atoms with van der Waals surface area (Å²) in [4.78, 5) is 26.6. The number of benzene rings is 2. The van der Waals surface area contributed by atoms with Gasteiger partial charge in [0, 0.05) is 23.3 Å². The fourth-order valence-corrected chi connectivity index (χ4v) is 2.11. The third-order valence-electron chi connectivity index (χ3n) is 3.25. The number of hydrogen-bond donors (Lipinski definition) is 0. The number of oxime groups is 1. The van der Waals surface area contributed by atoms with Crippen LogP contribution in [0.3, 0.4) is 0 Å². The van der Waals surface area contributed by atoms with Gasteiger partial charge in [-0.25, -0.2) is 9.18 Å². The Morgan fingerprint density at radius 2 is 1.83 bits per heavy atom. The number of halogens is 1. The summed E-state index contributed by atoms with van der Waals surface area (Å²) in [5.74, 6) is -1.19. The minimum atomic E-state index is -0.707. The summed E-state index contributed by atoms with van der Waals surface area (Å²) in [5, 5.41) is 14.3. The van der Waals surface area contributed by atoms with Crippen molar-refractivity contribution in [2.75, 3.05) is 0 Å². The van der Waals surface area contributed by atoms with Crippen molar-refractivity contribution < 1.29 is 18.9 Å². The first-order chi connectivity index (χ1) is 11.1. The Morgan fingerprint density at radius 1 is 1.13 bits per heavy atom. The molecule has 114 valence electrons. The van der Waals surface area contributed by atoms with E-state index in [1.54, 1.807) is 6.07 Å². The Morgan fingerprint density at radius 3 is 2.48 bits per heavy atom. The van der Waals surface area contributed by atoms with E-state index in [4.69, 9.17) is 0 Å². The van der Waals surface area contributed by atoms with E-state index in [0.717, 1.165) is 0 Å². The van der Waals surface area contributed by atoms with Crippen LogP contribution >= 0.6 is 0 Å². The van der Waals surface area contributed by atoms with Gasteiger partial charge in [0.25, 0.3) is 5.69 Å². The van der Waals surface area contributed by atoms with Crippen LogP contribution in [0.15, 0.2) is 59.3 Å². The number of hydrogen-bond acceptors (Lipinski definition) is 5. The molecular weight excluding hydrogens is 303 g/mol. The highest BCUT2D eigenvalue weighted by molar-refractivity contribution is 6.31. The van der Waals surface area contributed by atoms with Crippen LogP contribution in [0.25, 0.3) is 6.08 Å². The predicted octanol–water partition coefficient (Wildman–Crippen LogP) is 3.08. The molecule has 1 heterocycles. The maximum Gasteiger partial charge on any atom is 0.368 e. The highest BCUT2D eigenvalue weighted by atomic mass is 19.1. The molecule has 0 atom stereocenters. The lowest BCUT2D eigenvalue weighted by atomic mass is 10.0. The summed E-state index contributed by atoms with van der Waals surface area (Å²) >= 11 is 0. The van der Waals surface area contributed by atoms with E-state index >= 15 is 0 Å². The van der Waals surface area contributed by atoms with Gasteiger partial charge in [0.05, 0.1) is 10.5 Å². The van der Waals surface area contributed by atoms with Crippen molar-refractivity contribution in [2.24, 2.45) is 5.16 Å². The van der Waals surface area contributed by atoms with Gasteiger partial charge in [-0.1, -0.05) is 23.4 Å². The molecule has 2 aromatic carbocycles. The quantitative estimate of drug-likeness (QED) is 0.377. The van der Waals surface area contributed by atoms with Gasteiger partial charge >= 0.3 is 5.97 Å². The van der Waals surface area contributed by atoms with Gasteiger partial charge in [0.2, 0.25) is 0 Å². The second-order valence-electron chi connectivity index (χ2n) is 4.70. The molecule has 7 heteroatoms. The average Bonchev–Trinajstić information content (AvgIpc) is 2.91. The molecule has 0 amide bonds. The summed E-state index contributed by atoms with van der Waals surface area (Å²) in [7, 11) is 0. The maximum atomic E-state index is 13.7. The van der Waals surface area contributed by atoms with Gasteiger partial charge in [-0.3, -0.25) is 10.1 Å². The molecule has 0 aromatic heterocycles. The minimum absolute atomic E-state index is 0.0841. The van der Waals surface area contributed by atoms with E-state index in [1.165, 1.54) is 48.5 Å². The Bertz CT molecular complexity index is 857. The lowest BCUT2D eigenvalue weighted by Gasteiger charge is -2.01. The number of carbonyl (C=O) groups excluding carboxylic acids is 1. The summed E-state index contributed by atoms with van der Waals surface area (Å²) < 4.78 is 13.7. The van der Waals surface area contributed by atoms with Crippen molar-refractivity contribution in [3.8, 4) is 0 Å². The normalized spacial score (nSPS) is 15.4. The second-order valence-corrected chi connectivity index (χ2v) is 4.70. The molecule has 1 aliphatic heterocycles. The molecule has 0 saturated heterocycles. The standard InChI is InChI=1S/C16H9FN2O4/c17-14-4-2-1-3-11(14)9-13-15(18-23-16(13)20)10-5-7-12(8-6-10)19(21)22/h1-9H/b13-9-. The highest BCUT2D eigenvalue weighted by Gasteiger charge is 2.27. The third kappa shape index (κ3) is 2.84. The number of non-ortho nitro benzene ring substituents is 1. The third-order valence-corrected chi connectivity index (χ3v) is 3.25. The zero-order valence-corrected chi connectivity index (χ0v) is 11.6. The molecule has 3 rings (SSSR count). The van der Waals surface area contributed by atoms with E-state index < -0.39 is 16.7 Å². The van der Waals surface area contributed by atoms with Crippen LogP contribution < -0.4 is 0 Å². The van der Waals surface area contributed by atoms with Crippen LogP contribution in [0.5, 0.6) is 0 Å². The van der Waals surface area contributed by atoms with Crippen molar-refractivity contribution in [1.82, 2.24) is 0 Å². The molecule has 0 fully saturated rings. The lowest BCUT2D eigenvalue weighted by molar-refractivity contribution is -0.384. The van der Waals surface area contributed by atoms with Crippen molar-refractivity contribution >= 4 is 23.4 Å². The molecule has 0 unspecified atom stereocenters. The summed E-state index contributed by atoms with van der Waals surface area (Å²) in [6.07, 6.45) is 1.34. The SMILES string of the molecule is O=C1ON=C(c2ccc([N+](=O)[O-])cc2)/C1=C/c1ccccc1F. The number of nitro benzene ring substituents is 1. The van der Waals surface area contributed by atoms with Gasteiger partial charge in [-0.05, 0) is 24.3 Å². The topological polar surface area (TPSA) is 81.8 Å². The molecule has 0 bridgehead atoms. The van der Waals surface area contributed by atoms with Crippen LogP contribution in [0, 0.1) is 15.9 Å². The Kier molecular flexibility index (Phi) is 3.68. The molecule has 0 N–H and O–H groups in total. The van der Waals surface area contributed by atoms with Gasteiger partial charge in [-0.2, -0.15) is 0 Å². The highest BCUT2D eigenvalue weighted by Crippen LogP contribution is 2.23. The first-order valence-electron chi connectivity index (χ1n) is 6.57. The van der Waals surface area contributed by atoms with Crippen molar-refractivity contribution in [2.45, 2.75) is 0 Å². The van der Waals surface area contributed by atoms with E-state index in [9.17, 15) is 19.3 Å². The lowest BCUT2D eigenvalue weighted by Crippen LogP contribution is -2.07. The molecule has 0 spiro atoms. The maximum absolute atomic E-state index is 13.7. The van der Waals surface area contributed by atoms with E-state index in [0.29, 0.717) is 5.56 Å². The first-order valence-corrected chi connectivity index (χ1v) is 6.57. The van der Waals surface area contributed by atoms with Gasteiger partial charge in [-0.15, -0.1) is 0 Å². The number of nitrogens with zero attached hydrogens (tertiary/aromatic N) is 2. The first kappa shape index (κ1) is 14.6. The van der Waals surface area contributed by atoms with Crippen molar-refractivity contribution in [3.63, 3.8) is 0 Å². The molecule has 6 nitrogen and oxygen atoms in total. The fraction of sp³-hybridized carbons (Fsp3) is 0. The molecular formula is C16H9FN2O4. The zero-order valence-electron chi connectivity index (χ0n) is 11.6. The predicted molar refractivity (Wildman–Crippen MR) is 80.1 cm³/mol. The molecule has 1 aliphatic rings. The number of carbonyl (C=O) groups is 1. The molecule has 0 saturated carbocycles. The molecule has 23 heavy (non-hydrogen) atoms. The summed E-state index contributed by atoms with van der Waals surface area (Å²) in [5.41, 5.74) is 0.885. The van der Waals surface area contributed by atoms with E-state index in [2.05, 4.69) is 9.99 Å². The summed E-state index contributed by atoms with van der Waals surface area (Å²) in [6, 6.07) is 11.5. The zero-order chi connectivity index (χ0) is 16.4. The van der Waals surface area contributed by atoms with Gasteiger partial charge < -0.3 is 4.84 Å². The van der Waals surface area contributed by atoms with Crippen LogP contribution in [0.1, 0.15) is 11.1 Å². The van der Waals surface area contributed by atoms with E-state index in [-0.39, 0.29) is 22.5 Å². The Balaban J connectivity index is 2.00. The number of rotatable bonds is 3. The van der Waals surface area contributed by atoms with Crippen LogP contribution in [0.2, 0.25) is 0 Å². The van der Waals surface area contributed by atoms with Crippen LogP contribution in [0.4, 0.5) is 10.1 Å². The minimum Gasteiger partial charge on any atom is -0.312 e. The smallest absolute Gasteiger partial charge is 0.312 e. The van der Waals surface area contributed by atoms with Gasteiger partial charge in [0.15, 0.2) is 0 Å². The molecule has 0 radical (unpaired) electrons. The van der Waals surface area contributed by atoms with Crippen LogP contribution in [-0.4, -0.2) is 16.6 Å². The molecule has 2 aromatic rings. The van der Waals surface area contributed by atoms with Gasteiger partial charge in [0.1, 0.15) is 11.5 Å². The fourth-order valence-electron chi connectivity index (χ4n) is 2.11. The largest absolute Gasteiger partial charge is 0.368 e. The second kappa shape index (κ2) is 5.80. The van der Waals surface area contributed by atoms with Crippen molar-refractivity contribution in [1.29, 1.82) is 0 Å². The van der Waals surface area contributed by atoms with Crippen LogP contribution in [-0.2, 0) is 9.63 Å². The molecule has 0 aliphatic carbocycles. The summed E-state index contributed by atoms with van der Waals surface area (Å²) in [6.45, 7) is 0. The average molecular weight is 312 g/mol. The Labute approximate surface area is 129 Å². The number of nitro groups is 1.